The van der Waals surface area contributed by atoms with Crippen molar-refractivity contribution in [3.63, 3.8) is 0 Å². The van der Waals surface area contributed by atoms with Gasteiger partial charge in [-0.15, -0.1) is 0 Å². The molecule has 0 saturated carbocycles. The van der Waals surface area contributed by atoms with Gasteiger partial charge < -0.3 is 10.6 Å². The fourth-order valence-corrected chi connectivity index (χ4v) is 2.52. The molecule has 1 atom stereocenters. The largest absolute Gasteiger partial charge is 0.324 e. The van der Waals surface area contributed by atoms with E-state index in [2.05, 4.69) is 36.2 Å². The summed E-state index contributed by atoms with van der Waals surface area (Å²) in [6, 6.07) is 10.2. The normalized spacial score (nSPS) is 12.8. The maximum atomic E-state index is 6.25. The van der Waals surface area contributed by atoms with Gasteiger partial charge in [0.05, 0.1) is 23.5 Å². The van der Waals surface area contributed by atoms with E-state index in [4.69, 9.17) is 17.3 Å². The lowest BCUT2D eigenvalue weighted by Gasteiger charge is -2.15. The van der Waals surface area contributed by atoms with Gasteiger partial charge in [0, 0.05) is 12.6 Å². The molecule has 2 N–H and O–H groups in total. The van der Waals surface area contributed by atoms with Crippen molar-refractivity contribution < 1.29 is 0 Å². The van der Waals surface area contributed by atoms with Crippen LogP contribution in [0.4, 0.5) is 0 Å². The van der Waals surface area contributed by atoms with E-state index in [-0.39, 0.29) is 6.04 Å². The molecule has 21 heavy (non-hydrogen) atoms. The van der Waals surface area contributed by atoms with E-state index in [1.54, 1.807) is 6.20 Å². The molecule has 0 aliphatic rings. The summed E-state index contributed by atoms with van der Waals surface area (Å²) >= 11 is 6.25. The molecule has 2 rings (SSSR count). The number of hydrogen-bond acceptors (Lipinski definition) is 3. The van der Waals surface area contributed by atoms with Gasteiger partial charge in [0.15, 0.2) is 0 Å². The monoisotopic (exact) mass is 306 g/mol. The Morgan fingerprint density at radius 2 is 2.00 bits per heavy atom. The van der Waals surface area contributed by atoms with E-state index in [1.807, 2.05) is 22.9 Å². The third-order valence-corrected chi connectivity index (χ3v) is 3.89. The van der Waals surface area contributed by atoms with Crippen LogP contribution in [0.3, 0.4) is 0 Å². The van der Waals surface area contributed by atoms with Gasteiger partial charge in [0.2, 0.25) is 0 Å². The summed E-state index contributed by atoms with van der Waals surface area (Å²) < 4.78 is 1.99. The first-order valence-corrected chi connectivity index (χ1v) is 7.61. The van der Waals surface area contributed by atoms with Crippen molar-refractivity contribution in [2.24, 2.45) is 5.73 Å². The SMILES string of the molecule is CN(C)CCn1ncc(Cl)c1CCC(N)c1ccccc1. The molecule has 0 fully saturated rings. The average Bonchev–Trinajstić information content (AvgIpc) is 2.84. The number of rotatable bonds is 7. The minimum absolute atomic E-state index is 0.0273. The van der Waals surface area contributed by atoms with Crippen molar-refractivity contribution in [1.29, 1.82) is 0 Å². The van der Waals surface area contributed by atoms with Crippen LogP contribution in [0.2, 0.25) is 5.02 Å². The molecule has 114 valence electrons. The first-order valence-electron chi connectivity index (χ1n) is 7.23. The molecule has 5 heteroatoms. The number of hydrogen-bond donors (Lipinski definition) is 1. The molecule has 2 aromatic rings. The highest BCUT2D eigenvalue weighted by Gasteiger charge is 2.12. The highest BCUT2D eigenvalue weighted by molar-refractivity contribution is 6.31. The summed E-state index contributed by atoms with van der Waals surface area (Å²) in [4.78, 5) is 2.13. The molecule has 1 aromatic carbocycles. The minimum atomic E-state index is 0.0273. The summed E-state index contributed by atoms with van der Waals surface area (Å²) in [7, 11) is 4.10. The lowest BCUT2D eigenvalue weighted by molar-refractivity contribution is 0.368. The second kappa shape index (κ2) is 7.59. The summed E-state index contributed by atoms with van der Waals surface area (Å²) in [5.74, 6) is 0. The predicted molar refractivity (Wildman–Crippen MR) is 87.5 cm³/mol. The Kier molecular flexibility index (Phi) is 5.79. The van der Waals surface area contributed by atoms with Crippen LogP contribution in [0.15, 0.2) is 36.5 Å². The molecule has 0 spiro atoms. The number of halogens is 1. The van der Waals surface area contributed by atoms with Crippen LogP contribution in [0.5, 0.6) is 0 Å². The molecule has 0 saturated heterocycles. The Morgan fingerprint density at radius 3 is 2.67 bits per heavy atom. The standard InChI is InChI=1S/C16H23ClN4/c1-20(2)10-11-21-16(14(17)12-19-21)9-8-15(18)13-6-4-3-5-7-13/h3-7,12,15H,8-11,18H2,1-2H3. The van der Waals surface area contributed by atoms with Gasteiger partial charge in [-0.2, -0.15) is 5.10 Å². The van der Waals surface area contributed by atoms with Crippen LogP contribution in [0, 0.1) is 0 Å². The molecule has 0 aliphatic carbocycles. The highest BCUT2D eigenvalue weighted by Crippen LogP contribution is 2.21. The van der Waals surface area contributed by atoms with Crippen LogP contribution in [-0.2, 0) is 13.0 Å². The molecule has 0 bridgehead atoms. The van der Waals surface area contributed by atoms with Crippen LogP contribution in [0.1, 0.15) is 23.7 Å². The van der Waals surface area contributed by atoms with Crippen LogP contribution < -0.4 is 5.73 Å². The van der Waals surface area contributed by atoms with Gasteiger partial charge in [-0.1, -0.05) is 41.9 Å². The maximum absolute atomic E-state index is 6.25. The molecule has 0 aliphatic heterocycles. The third-order valence-electron chi connectivity index (χ3n) is 3.58. The van der Waals surface area contributed by atoms with E-state index >= 15 is 0 Å². The minimum Gasteiger partial charge on any atom is -0.324 e. The number of nitrogens with zero attached hydrogens (tertiary/aromatic N) is 3. The topological polar surface area (TPSA) is 47.1 Å². The van der Waals surface area contributed by atoms with E-state index in [9.17, 15) is 0 Å². The molecular weight excluding hydrogens is 284 g/mol. The van der Waals surface area contributed by atoms with Gasteiger partial charge in [-0.3, -0.25) is 4.68 Å². The van der Waals surface area contributed by atoms with E-state index < -0.39 is 0 Å². The van der Waals surface area contributed by atoms with Crippen LogP contribution >= 0.6 is 11.6 Å². The Hall–Kier alpha value is -1.36. The van der Waals surface area contributed by atoms with Gasteiger partial charge in [-0.05, 0) is 32.5 Å². The number of aromatic nitrogens is 2. The Morgan fingerprint density at radius 1 is 1.29 bits per heavy atom. The van der Waals surface area contributed by atoms with Crippen molar-refractivity contribution in [1.82, 2.24) is 14.7 Å². The molecule has 1 heterocycles. The van der Waals surface area contributed by atoms with Crippen LogP contribution in [-0.4, -0.2) is 35.3 Å². The molecule has 1 aromatic heterocycles. The maximum Gasteiger partial charge on any atom is 0.0817 e. The third kappa shape index (κ3) is 4.56. The quantitative estimate of drug-likeness (QED) is 0.855. The zero-order valence-corrected chi connectivity index (χ0v) is 13.4. The zero-order valence-electron chi connectivity index (χ0n) is 12.7. The molecule has 0 radical (unpaired) electrons. The predicted octanol–water partition coefficient (Wildman–Crippen LogP) is 2.73. The van der Waals surface area contributed by atoms with Crippen LogP contribution in [0.25, 0.3) is 0 Å². The Bertz CT molecular complexity index is 551. The summed E-state index contributed by atoms with van der Waals surface area (Å²) in [6.45, 7) is 1.78. The lowest BCUT2D eigenvalue weighted by Crippen LogP contribution is -2.20. The first-order chi connectivity index (χ1) is 10.1. The smallest absolute Gasteiger partial charge is 0.0817 e. The fourth-order valence-electron chi connectivity index (χ4n) is 2.28. The number of likely N-dealkylation sites (N-methyl/N-ethyl adjacent to an activating group) is 1. The van der Waals surface area contributed by atoms with Gasteiger partial charge in [0.25, 0.3) is 0 Å². The Balaban J connectivity index is 1.98. The van der Waals surface area contributed by atoms with E-state index in [0.29, 0.717) is 0 Å². The van der Waals surface area contributed by atoms with Crippen molar-refractivity contribution in [2.75, 3.05) is 20.6 Å². The summed E-state index contributed by atoms with van der Waals surface area (Å²) in [5, 5.41) is 5.09. The summed E-state index contributed by atoms with van der Waals surface area (Å²) in [5.41, 5.74) is 8.49. The van der Waals surface area contributed by atoms with Crippen molar-refractivity contribution >= 4 is 11.6 Å². The molecule has 0 amide bonds. The highest BCUT2D eigenvalue weighted by atomic mass is 35.5. The van der Waals surface area contributed by atoms with Crippen molar-refractivity contribution in [2.45, 2.75) is 25.4 Å². The lowest BCUT2D eigenvalue weighted by atomic mass is 10.0. The van der Waals surface area contributed by atoms with Crippen molar-refractivity contribution in [3.05, 3.63) is 52.8 Å². The van der Waals surface area contributed by atoms with E-state index in [0.717, 1.165) is 42.2 Å². The first kappa shape index (κ1) is 16.0. The second-order valence-electron chi connectivity index (χ2n) is 5.52. The van der Waals surface area contributed by atoms with Gasteiger partial charge in [-0.25, -0.2) is 0 Å². The average molecular weight is 307 g/mol. The summed E-state index contributed by atoms with van der Waals surface area (Å²) in [6.07, 6.45) is 3.42. The zero-order chi connectivity index (χ0) is 15.2. The second-order valence-corrected chi connectivity index (χ2v) is 5.93. The molecule has 4 nitrogen and oxygen atoms in total. The van der Waals surface area contributed by atoms with Gasteiger partial charge in [0.1, 0.15) is 0 Å². The fraction of sp³-hybridized carbons (Fsp3) is 0.438. The van der Waals surface area contributed by atoms with Gasteiger partial charge >= 0.3 is 0 Å². The molecule has 1 unspecified atom stereocenters. The van der Waals surface area contributed by atoms with Crippen molar-refractivity contribution in [3.8, 4) is 0 Å². The van der Waals surface area contributed by atoms with E-state index in [1.165, 1.54) is 0 Å². The number of benzene rings is 1. The molecular formula is C16H23ClN4. The Labute approximate surface area is 131 Å². The number of nitrogens with two attached hydrogens (primary N) is 1.